The van der Waals surface area contributed by atoms with E-state index in [1.807, 2.05) is 7.05 Å². The van der Waals surface area contributed by atoms with Crippen molar-refractivity contribution in [2.45, 2.75) is 44.8 Å². The smallest absolute Gasteiger partial charge is 0.223 e. The van der Waals surface area contributed by atoms with Crippen LogP contribution in [0, 0.1) is 11.8 Å². The van der Waals surface area contributed by atoms with Crippen molar-refractivity contribution >= 4 is 47.6 Å². The molecule has 1 aliphatic carbocycles. The number of halogens is 1. The summed E-state index contributed by atoms with van der Waals surface area (Å²) in [6.45, 7) is 8.33. The topological polar surface area (TPSA) is 56.7 Å². The predicted molar refractivity (Wildman–Crippen MR) is 114 cm³/mol. The van der Waals surface area contributed by atoms with E-state index in [9.17, 15) is 4.79 Å². The zero-order valence-electron chi connectivity index (χ0n) is 15.2. The number of aliphatic imine (C=N–C) groups is 1. The van der Waals surface area contributed by atoms with Crippen LogP contribution in [0.4, 0.5) is 0 Å². The molecule has 0 aromatic rings. The molecule has 0 radical (unpaired) electrons. The molecule has 0 aromatic carbocycles. The molecule has 24 heavy (non-hydrogen) atoms. The van der Waals surface area contributed by atoms with Crippen LogP contribution in [-0.4, -0.2) is 61.0 Å². The van der Waals surface area contributed by atoms with Crippen LogP contribution < -0.4 is 10.6 Å². The van der Waals surface area contributed by atoms with Gasteiger partial charge in [-0.15, -0.1) is 24.0 Å². The molecule has 1 unspecified atom stereocenters. The van der Waals surface area contributed by atoms with E-state index in [2.05, 4.69) is 46.1 Å². The van der Waals surface area contributed by atoms with Gasteiger partial charge in [0.2, 0.25) is 5.91 Å². The molecule has 140 valence electrons. The third kappa shape index (κ3) is 6.61. The van der Waals surface area contributed by atoms with Crippen LogP contribution >= 0.6 is 35.7 Å². The van der Waals surface area contributed by atoms with E-state index in [-0.39, 0.29) is 35.8 Å². The molecule has 1 heterocycles. The summed E-state index contributed by atoms with van der Waals surface area (Å²) in [7, 11) is 1.85. The molecule has 0 bridgehead atoms. The molecule has 0 aromatic heterocycles. The van der Waals surface area contributed by atoms with E-state index in [1.165, 1.54) is 12.2 Å². The number of hydrogen-bond acceptors (Lipinski definition) is 3. The highest BCUT2D eigenvalue weighted by molar-refractivity contribution is 14.0. The number of nitrogens with zero attached hydrogens (tertiary/aromatic N) is 2. The first-order valence-corrected chi connectivity index (χ1v) is 10.0. The molecule has 7 heteroatoms. The van der Waals surface area contributed by atoms with Crippen molar-refractivity contribution in [1.82, 2.24) is 15.5 Å². The van der Waals surface area contributed by atoms with Gasteiger partial charge >= 0.3 is 0 Å². The summed E-state index contributed by atoms with van der Waals surface area (Å²) in [6, 6.07) is 0. The summed E-state index contributed by atoms with van der Waals surface area (Å²) in [4.78, 5) is 18.6. The van der Waals surface area contributed by atoms with E-state index in [1.54, 1.807) is 0 Å². The maximum Gasteiger partial charge on any atom is 0.223 e. The standard InChI is InChI=1S/C17H32N4OS.HI/c1-13(2)15-12-21(10-11-23-15)17(18-3)20-9-5-8-19-16(22)14-6-4-7-14;/h13-15H,4-12H2,1-3H3,(H,18,20)(H,19,22);1H. The molecular weight excluding hydrogens is 435 g/mol. The average molecular weight is 468 g/mol. The summed E-state index contributed by atoms with van der Waals surface area (Å²) in [5.41, 5.74) is 0. The summed E-state index contributed by atoms with van der Waals surface area (Å²) < 4.78 is 0. The second-order valence-electron chi connectivity index (χ2n) is 6.85. The lowest BCUT2D eigenvalue weighted by Gasteiger charge is -2.36. The number of amides is 1. The van der Waals surface area contributed by atoms with Crippen molar-refractivity contribution < 1.29 is 4.79 Å². The number of nitrogens with one attached hydrogen (secondary N) is 2. The van der Waals surface area contributed by atoms with Gasteiger partial charge in [0.1, 0.15) is 0 Å². The Labute approximate surface area is 168 Å². The zero-order valence-corrected chi connectivity index (χ0v) is 18.4. The average Bonchev–Trinajstić information content (AvgIpc) is 2.49. The highest BCUT2D eigenvalue weighted by Crippen LogP contribution is 2.26. The minimum atomic E-state index is 0. The van der Waals surface area contributed by atoms with Crippen LogP contribution in [0.3, 0.4) is 0 Å². The Morgan fingerprint density at radius 2 is 2.00 bits per heavy atom. The molecular formula is C17H33IN4OS. The van der Waals surface area contributed by atoms with Gasteiger partial charge in [-0.25, -0.2) is 0 Å². The molecule has 1 atom stereocenters. The van der Waals surface area contributed by atoms with Crippen LogP contribution in [0.5, 0.6) is 0 Å². The van der Waals surface area contributed by atoms with Crippen molar-refractivity contribution in [3.05, 3.63) is 0 Å². The molecule has 1 aliphatic heterocycles. The Hall–Kier alpha value is -0.180. The Bertz CT molecular complexity index is 415. The van der Waals surface area contributed by atoms with Gasteiger partial charge in [0, 0.05) is 50.1 Å². The SMILES string of the molecule is CN=C(NCCCNC(=O)C1CCC1)N1CCSC(C(C)C)C1.I. The number of thioether (sulfide) groups is 1. The Morgan fingerprint density at radius 3 is 2.58 bits per heavy atom. The molecule has 1 amide bonds. The number of carbonyl (C=O) groups is 1. The Kier molecular flexibility index (Phi) is 10.4. The van der Waals surface area contributed by atoms with Crippen molar-refractivity contribution in [1.29, 1.82) is 0 Å². The van der Waals surface area contributed by atoms with E-state index in [4.69, 9.17) is 0 Å². The second kappa shape index (κ2) is 11.4. The molecule has 0 spiro atoms. The van der Waals surface area contributed by atoms with E-state index < -0.39 is 0 Å². The van der Waals surface area contributed by atoms with Crippen molar-refractivity contribution in [3.8, 4) is 0 Å². The van der Waals surface area contributed by atoms with Gasteiger partial charge < -0.3 is 15.5 Å². The number of carbonyl (C=O) groups excluding carboxylic acids is 1. The zero-order chi connectivity index (χ0) is 16.7. The van der Waals surface area contributed by atoms with Gasteiger partial charge in [0.15, 0.2) is 5.96 Å². The highest BCUT2D eigenvalue weighted by Gasteiger charge is 2.25. The van der Waals surface area contributed by atoms with Gasteiger partial charge in [-0.1, -0.05) is 20.3 Å². The quantitative estimate of drug-likeness (QED) is 0.272. The van der Waals surface area contributed by atoms with E-state index in [0.717, 1.165) is 51.4 Å². The van der Waals surface area contributed by atoms with Crippen LogP contribution in [0.2, 0.25) is 0 Å². The molecule has 2 fully saturated rings. The normalized spacial score (nSPS) is 21.9. The van der Waals surface area contributed by atoms with Gasteiger partial charge in [0.25, 0.3) is 0 Å². The van der Waals surface area contributed by atoms with Crippen LogP contribution in [0.15, 0.2) is 4.99 Å². The largest absolute Gasteiger partial charge is 0.356 e. The van der Waals surface area contributed by atoms with E-state index >= 15 is 0 Å². The molecule has 2 aliphatic rings. The molecule has 1 saturated heterocycles. The van der Waals surface area contributed by atoms with Crippen LogP contribution in [0.25, 0.3) is 0 Å². The first-order chi connectivity index (χ1) is 11.1. The number of rotatable bonds is 6. The molecule has 1 saturated carbocycles. The lowest BCUT2D eigenvalue weighted by Crippen LogP contribution is -2.49. The van der Waals surface area contributed by atoms with Gasteiger partial charge in [-0.05, 0) is 25.2 Å². The maximum atomic E-state index is 11.8. The molecule has 2 rings (SSSR count). The van der Waals surface area contributed by atoms with Crippen molar-refractivity contribution in [3.63, 3.8) is 0 Å². The van der Waals surface area contributed by atoms with Crippen LogP contribution in [0.1, 0.15) is 39.5 Å². The fraction of sp³-hybridized carbons (Fsp3) is 0.882. The fourth-order valence-corrected chi connectivity index (χ4v) is 4.22. The summed E-state index contributed by atoms with van der Waals surface area (Å²) in [5.74, 6) is 3.40. The van der Waals surface area contributed by atoms with Crippen molar-refractivity contribution in [2.75, 3.05) is 39.0 Å². The van der Waals surface area contributed by atoms with Gasteiger partial charge in [0.05, 0.1) is 0 Å². The van der Waals surface area contributed by atoms with Gasteiger partial charge in [-0.3, -0.25) is 9.79 Å². The second-order valence-corrected chi connectivity index (χ2v) is 8.19. The minimum absolute atomic E-state index is 0. The first-order valence-electron chi connectivity index (χ1n) is 8.96. The maximum absolute atomic E-state index is 11.8. The first kappa shape index (κ1) is 21.9. The Morgan fingerprint density at radius 1 is 1.29 bits per heavy atom. The lowest BCUT2D eigenvalue weighted by atomic mass is 9.85. The summed E-state index contributed by atoms with van der Waals surface area (Å²) in [5, 5.41) is 7.17. The van der Waals surface area contributed by atoms with Gasteiger partial charge in [-0.2, -0.15) is 11.8 Å². The number of guanidine groups is 1. The summed E-state index contributed by atoms with van der Waals surface area (Å²) in [6.07, 6.45) is 4.29. The molecule has 5 nitrogen and oxygen atoms in total. The minimum Gasteiger partial charge on any atom is -0.356 e. The highest BCUT2D eigenvalue weighted by atomic mass is 127. The predicted octanol–water partition coefficient (Wildman–Crippen LogP) is 2.56. The third-order valence-corrected chi connectivity index (χ3v) is 6.30. The third-order valence-electron chi connectivity index (χ3n) is 4.76. The fourth-order valence-electron chi connectivity index (χ4n) is 2.92. The van der Waals surface area contributed by atoms with Crippen molar-refractivity contribution in [2.24, 2.45) is 16.8 Å². The Balaban J connectivity index is 0.00000288. The van der Waals surface area contributed by atoms with E-state index in [0.29, 0.717) is 11.2 Å². The van der Waals surface area contributed by atoms with Crippen LogP contribution in [-0.2, 0) is 4.79 Å². The number of hydrogen-bond donors (Lipinski definition) is 2. The lowest BCUT2D eigenvalue weighted by molar-refractivity contribution is -0.127. The summed E-state index contributed by atoms with van der Waals surface area (Å²) >= 11 is 2.08. The molecule has 2 N–H and O–H groups in total. The monoisotopic (exact) mass is 468 g/mol.